The number of hydrogen-bond donors (Lipinski definition) is 1. The molecule has 1 N–H and O–H groups in total. The SMILES string of the molecule is CCO[C@H]1OC(C(=O)N(C)CC(OC)OC)=C[C@@H](c2cccc3c2Cc2ccccc2-3)[C@H]1CCCO. The molecule has 36 heavy (non-hydrogen) atoms. The van der Waals surface area contributed by atoms with Gasteiger partial charge in [0.05, 0.1) is 6.54 Å². The highest BCUT2D eigenvalue weighted by Crippen LogP contribution is 2.46. The third-order valence-electron chi connectivity index (χ3n) is 7.16. The predicted octanol–water partition coefficient (Wildman–Crippen LogP) is 4.08. The van der Waals surface area contributed by atoms with Crippen LogP contribution in [0.15, 0.2) is 54.3 Å². The Morgan fingerprint density at radius 2 is 1.89 bits per heavy atom. The maximum Gasteiger partial charge on any atom is 0.288 e. The van der Waals surface area contributed by atoms with Crippen LogP contribution < -0.4 is 0 Å². The zero-order chi connectivity index (χ0) is 25.7. The first-order chi connectivity index (χ1) is 17.5. The largest absolute Gasteiger partial charge is 0.459 e. The lowest BCUT2D eigenvalue weighted by Gasteiger charge is -2.38. The number of nitrogens with zero attached hydrogens (tertiary/aromatic N) is 1. The van der Waals surface area contributed by atoms with Gasteiger partial charge in [0.2, 0.25) is 6.29 Å². The fourth-order valence-electron chi connectivity index (χ4n) is 5.35. The van der Waals surface area contributed by atoms with Gasteiger partial charge in [0, 0.05) is 46.3 Å². The lowest BCUT2D eigenvalue weighted by atomic mass is 9.78. The van der Waals surface area contributed by atoms with Crippen LogP contribution in [-0.2, 0) is 30.2 Å². The molecule has 194 valence electrons. The number of aliphatic hydroxyl groups excluding tert-OH is 1. The highest BCUT2D eigenvalue weighted by atomic mass is 16.7. The number of aliphatic hydroxyl groups is 1. The highest BCUT2D eigenvalue weighted by Gasteiger charge is 2.40. The van der Waals surface area contributed by atoms with Crippen molar-refractivity contribution in [3.63, 3.8) is 0 Å². The molecule has 0 fully saturated rings. The Kier molecular flexibility index (Phi) is 8.80. The van der Waals surface area contributed by atoms with Crippen LogP contribution in [0.5, 0.6) is 0 Å². The molecule has 0 aromatic heterocycles. The number of allylic oxidation sites excluding steroid dienone is 1. The average Bonchev–Trinajstić information content (AvgIpc) is 3.29. The molecule has 2 aromatic rings. The zero-order valence-electron chi connectivity index (χ0n) is 21.6. The number of methoxy groups -OCH3 is 2. The molecular formula is C29H37NO6. The summed E-state index contributed by atoms with van der Waals surface area (Å²) >= 11 is 0. The smallest absolute Gasteiger partial charge is 0.288 e. The van der Waals surface area contributed by atoms with E-state index in [4.69, 9.17) is 18.9 Å². The number of carbonyl (C=O) groups is 1. The second-order valence-electron chi connectivity index (χ2n) is 9.32. The number of amides is 1. The second kappa shape index (κ2) is 12.0. The summed E-state index contributed by atoms with van der Waals surface area (Å²) in [7, 11) is 4.80. The summed E-state index contributed by atoms with van der Waals surface area (Å²) in [5.74, 6) is -0.125. The zero-order valence-corrected chi connectivity index (χ0v) is 21.6. The molecular weight excluding hydrogens is 458 g/mol. The minimum atomic E-state index is -0.593. The molecule has 0 saturated heterocycles. The van der Waals surface area contributed by atoms with Crippen molar-refractivity contribution >= 4 is 5.91 Å². The Labute approximate surface area is 213 Å². The first-order valence-electron chi connectivity index (χ1n) is 12.6. The van der Waals surface area contributed by atoms with E-state index in [-0.39, 0.29) is 36.7 Å². The first-order valence-corrected chi connectivity index (χ1v) is 12.6. The van der Waals surface area contributed by atoms with Crippen LogP contribution in [0.1, 0.15) is 42.4 Å². The molecule has 1 heterocycles. The average molecular weight is 496 g/mol. The van der Waals surface area contributed by atoms with Crippen molar-refractivity contribution in [1.82, 2.24) is 4.90 Å². The van der Waals surface area contributed by atoms with Gasteiger partial charge in [-0.1, -0.05) is 42.5 Å². The van der Waals surface area contributed by atoms with Crippen molar-refractivity contribution in [3.05, 3.63) is 71.0 Å². The lowest BCUT2D eigenvalue weighted by Crippen LogP contribution is -2.42. The Morgan fingerprint density at radius 1 is 1.14 bits per heavy atom. The molecule has 7 heteroatoms. The van der Waals surface area contributed by atoms with Crippen molar-refractivity contribution in [2.24, 2.45) is 5.92 Å². The summed E-state index contributed by atoms with van der Waals surface area (Å²) in [6.07, 6.45) is 3.02. The van der Waals surface area contributed by atoms with Gasteiger partial charge in [-0.25, -0.2) is 0 Å². The highest BCUT2D eigenvalue weighted by molar-refractivity contribution is 5.91. The monoisotopic (exact) mass is 495 g/mol. The fourth-order valence-corrected chi connectivity index (χ4v) is 5.35. The molecule has 2 aliphatic rings. The minimum absolute atomic E-state index is 0.0418. The van der Waals surface area contributed by atoms with Gasteiger partial charge in [0.15, 0.2) is 12.0 Å². The molecule has 0 spiro atoms. The Bertz CT molecular complexity index is 1080. The van der Waals surface area contributed by atoms with Gasteiger partial charge in [-0.15, -0.1) is 0 Å². The molecule has 7 nitrogen and oxygen atoms in total. The number of carbonyl (C=O) groups excluding carboxylic acids is 1. The van der Waals surface area contributed by atoms with E-state index in [1.807, 2.05) is 13.0 Å². The number of benzene rings is 2. The topological polar surface area (TPSA) is 77.5 Å². The number of fused-ring (bicyclic) bond motifs is 3. The summed E-state index contributed by atoms with van der Waals surface area (Å²) in [4.78, 5) is 15.0. The number of likely N-dealkylation sites (N-methyl/N-ethyl adjacent to an activating group) is 1. The molecule has 1 aliphatic heterocycles. The normalized spacial score (nSPS) is 20.5. The van der Waals surface area contributed by atoms with E-state index in [0.29, 0.717) is 19.4 Å². The molecule has 1 aliphatic carbocycles. The maximum atomic E-state index is 13.5. The van der Waals surface area contributed by atoms with Crippen molar-refractivity contribution in [2.75, 3.05) is 41.0 Å². The summed E-state index contributed by atoms with van der Waals surface area (Å²) in [6.45, 7) is 2.73. The molecule has 3 atom stereocenters. The van der Waals surface area contributed by atoms with Crippen LogP contribution in [0.2, 0.25) is 0 Å². The van der Waals surface area contributed by atoms with Gasteiger partial charge >= 0.3 is 0 Å². The molecule has 0 bridgehead atoms. The van der Waals surface area contributed by atoms with Gasteiger partial charge in [0.25, 0.3) is 5.91 Å². The molecule has 0 unspecified atom stereocenters. The molecule has 4 rings (SSSR count). The van der Waals surface area contributed by atoms with Crippen LogP contribution in [-0.4, -0.2) is 69.5 Å². The molecule has 0 saturated carbocycles. The van der Waals surface area contributed by atoms with Crippen LogP contribution in [0.4, 0.5) is 0 Å². The summed E-state index contributed by atoms with van der Waals surface area (Å²) in [6, 6.07) is 14.9. The fraction of sp³-hybridized carbons (Fsp3) is 0.483. The number of hydrogen-bond acceptors (Lipinski definition) is 6. The van der Waals surface area contributed by atoms with Crippen molar-refractivity contribution in [2.45, 2.75) is 44.7 Å². The standard InChI is InChI=1S/C29H37NO6/c1-5-35-29-23(14-9-15-31)25(17-26(36-29)28(32)30(2)18-27(33-3)34-4)22-13-8-12-21-20-11-7-6-10-19(20)16-24(21)22/h6-8,10-13,17,23,25,27,29,31H,5,9,14-16,18H2,1-4H3/t23-,25+,29+/m1/s1. The quantitative estimate of drug-likeness (QED) is 0.404. The second-order valence-corrected chi connectivity index (χ2v) is 9.32. The van der Waals surface area contributed by atoms with Crippen molar-refractivity contribution in [3.8, 4) is 11.1 Å². The summed E-state index contributed by atoms with van der Waals surface area (Å²) in [5.41, 5.74) is 6.28. The molecule has 0 radical (unpaired) electrons. The van der Waals surface area contributed by atoms with E-state index in [1.54, 1.807) is 26.2 Å². The van der Waals surface area contributed by atoms with E-state index in [0.717, 1.165) is 6.42 Å². The van der Waals surface area contributed by atoms with E-state index >= 15 is 0 Å². The van der Waals surface area contributed by atoms with Crippen LogP contribution in [0, 0.1) is 5.92 Å². The number of rotatable bonds is 11. The van der Waals surface area contributed by atoms with Gasteiger partial charge in [-0.2, -0.15) is 0 Å². The van der Waals surface area contributed by atoms with Crippen molar-refractivity contribution < 1.29 is 28.8 Å². The molecule has 2 aromatic carbocycles. The van der Waals surface area contributed by atoms with Gasteiger partial charge in [-0.05, 0) is 60.1 Å². The number of ether oxygens (including phenoxy) is 4. The van der Waals surface area contributed by atoms with Crippen LogP contribution >= 0.6 is 0 Å². The Balaban J connectivity index is 1.74. The van der Waals surface area contributed by atoms with Gasteiger partial charge in [-0.3, -0.25) is 4.79 Å². The Hall–Kier alpha value is -2.71. The van der Waals surface area contributed by atoms with Gasteiger partial charge < -0.3 is 29.0 Å². The minimum Gasteiger partial charge on any atom is -0.459 e. The first kappa shape index (κ1) is 26.4. The third-order valence-corrected chi connectivity index (χ3v) is 7.16. The van der Waals surface area contributed by atoms with E-state index in [1.165, 1.54) is 27.8 Å². The van der Waals surface area contributed by atoms with Gasteiger partial charge in [0.1, 0.15) is 0 Å². The predicted molar refractivity (Wildman–Crippen MR) is 137 cm³/mol. The van der Waals surface area contributed by atoms with Crippen LogP contribution in [0.25, 0.3) is 11.1 Å². The van der Waals surface area contributed by atoms with E-state index in [2.05, 4.69) is 42.5 Å². The summed E-state index contributed by atoms with van der Waals surface area (Å²) in [5, 5.41) is 9.61. The van der Waals surface area contributed by atoms with E-state index < -0.39 is 12.6 Å². The summed E-state index contributed by atoms with van der Waals surface area (Å²) < 4.78 is 22.8. The maximum absolute atomic E-state index is 13.5. The molecule has 1 amide bonds. The van der Waals surface area contributed by atoms with Crippen molar-refractivity contribution in [1.29, 1.82) is 0 Å². The Morgan fingerprint density at radius 3 is 2.61 bits per heavy atom. The van der Waals surface area contributed by atoms with Crippen LogP contribution in [0.3, 0.4) is 0 Å². The van der Waals surface area contributed by atoms with E-state index in [9.17, 15) is 9.90 Å². The lowest BCUT2D eigenvalue weighted by molar-refractivity contribution is -0.172. The third kappa shape index (κ3) is 5.34.